The SMILES string of the molecule is CCC1SCc2ncncc21. The molecule has 2 heterocycles. The maximum Gasteiger partial charge on any atom is 0.115 e. The van der Waals surface area contributed by atoms with Crippen LogP contribution < -0.4 is 0 Å². The van der Waals surface area contributed by atoms with Crippen LogP contribution in [-0.4, -0.2) is 9.97 Å². The summed E-state index contributed by atoms with van der Waals surface area (Å²) in [4.78, 5) is 8.26. The smallest absolute Gasteiger partial charge is 0.115 e. The van der Waals surface area contributed by atoms with Crippen molar-refractivity contribution in [2.45, 2.75) is 24.3 Å². The van der Waals surface area contributed by atoms with Crippen LogP contribution in [-0.2, 0) is 5.75 Å². The summed E-state index contributed by atoms with van der Waals surface area (Å²) in [5, 5.41) is 0.645. The van der Waals surface area contributed by atoms with E-state index in [1.807, 2.05) is 18.0 Å². The first-order valence-corrected chi connectivity index (χ1v) is 4.87. The molecule has 1 aromatic rings. The molecular formula is C8H10N2S. The van der Waals surface area contributed by atoms with Crippen molar-refractivity contribution in [1.82, 2.24) is 9.97 Å². The Hall–Kier alpha value is -0.570. The van der Waals surface area contributed by atoms with E-state index in [1.165, 1.54) is 17.7 Å². The third kappa shape index (κ3) is 1.13. The van der Waals surface area contributed by atoms with Gasteiger partial charge in [0.05, 0.1) is 5.69 Å². The topological polar surface area (TPSA) is 25.8 Å². The fourth-order valence-electron chi connectivity index (χ4n) is 1.36. The number of nitrogens with zero attached hydrogens (tertiary/aromatic N) is 2. The molecule has 1 aromatic heterocycles. The van der Waals surface area contributed by atoms with E-state index in [4.69, 9.17) is 0 Å². The van der Waals surface area contributed by atoms with E-state index < -0.39 is 0 Å². The summed E-state index contributed by atoms with van der Waals surface area (Å²) >= 11 is 1.97. The van der Waals surface area contributed by atoms with Crippen molar-refractivity contribution in [3.8, 4) is 0 Å². The minimum Gasteiger partial charge on any atom is -0.244 e. The Morgan fingerprint density at radius 2 is 2.64 bits per heavy atom. The van der Waals surface area contributed by atoms with Crippen molar-refractivity contribution in [1.29, 1.82) is 0 Å². The maximum absolute atomic E-state index is 4.23. The summed E-state index contributed by atoms with van der Waals surface area (Å²) in [7, 11) is 0. The lowest BCUT2D eigenvalue weighted by molar-refractivity contribution is 0.882. The van der Waals surface area contributed by atoms with Crippen LogP contribution in [0.5, 0.6) is 0 Å². The van der Waals surface area contributed by atoms with Gasteiger partial charge in [-0.25, -0.2) is 9.97 Å². The van der Waals surface area contributed by atoms with Crippen molar-refractivity contribution >= 4 is 11.8 Å². The summed E-state index contributed by atoms with van der Waals surface area (Å²) in [5.74, 6) is 1.07. The average molecular weight is 166 g/mol. The number of hydrogen-bond acceptors (Lipinski definition) is 3. The number of rotatable bonds is 1. The van der Waals surface area contributed by atoms with Gasteiger partial charge in [-0.05, 0) is 6.42 Å². The Bertz CT molecular complexity index is 262. The third-order valence-corrected chi connectivity index (χ3v) is 3.40. The highest BCUT2D eigenvalue weighted by molar-refractivity contribution is 7.99. The molecule has 58 valence electrons. The molecule has 0 saturated heterocycles. The third-order valence-electron chi connectivity index (χ3n) is 1.97. The fraction of sp³-hybridized carbons (Fsp3) is 0.500. The van der Waals surface area contributed by atoms with Crippen LogP contribution in [0.2, 0.25) is 0 Å². The molecule has 0 fully saturated rings. The first-order chi connectivity index (χ1) is 5.42. The highest BCUT2D eigenvalue weighted by atomic mass is 32.2. The van der Waals surface area contributed by atoms with Crippen molar-refractivity contribution < 1.29 is 0 Å². The van der Waals surface area contributed by atoms with E-state index in [1.54, 1.807) is 6.33 Å². The molecule has 0 radical (unpaired) electrons. The summed E-state index contributed by atoms with van der Waals surface area (Å²) in [6.45, 7) is 2.21. The molecule has 0 spiro atoms. The lowest BCUT2D eigenvalue weighted by atomic mass is 10.1. The van der Waals surface area contributed by atoms with Gasteiger partial charge >= 0.3 is 0 Å². The Morgan fingerprint density at radius 3 is 3.45 bits per heavy atom. The molecule has 0 aliphatic carbocycles. The predicted octanol–water partition coefficient (Wildman–Crippen LogP) is 2.17. The Labute approximate surface area is 70.4 Å². The second kappa shape index (κ2) is 2.81. The van der Waals surface area contributed by atoms with Crippen molar-refractivity contribution in [2.75, 3.05) is 0 Å². The molecule has 0 N–H and O–H groups in total. The molecule has 0 aromatic carbocycles. The van der Waals surface area contributed by atoms with Gasteiger partial charge in [-0.3, -0.25) is 0 Å². The molecular weight excluding hydrogens is 156 g/mol. The van der Waals surface area contributed by atoms with Crippen LogP contribution in [0.4, 0.5) is 0 Å². The predicted molar refractivity (Wildman–Crippen MR) is 46.4 cm³/mol. The molecule has 1 atom stereocenters. The van der Waals surface area contributed by atoms with Gasteiger partial charge in [-0.15, -0.1) is 11.8 Å². The summed E-state index contributed by atoms with van der Waals surface area (Å²) in [6.07, 6.45) is 4.78. The minimum atomic E-state index is 0.645. The maximum atomic E-state index is 4.23. The minimum absolute atomic E-state index is 0.645. The lowest BCUT2D eigenvalue weighted by Crippen LogP contribution is -1.91. The summed E-state index contributed by atoms with van der Waals surface area (Å²) in [6, 6.07) is 0. The number of thioether (sulfide) groups is 1. The van der Waals surface area contributed by atoms with Gasteiger partial charge in [0.15, 0.2) is 0 Å². The Kier molecular flexibility index (Phi) is 1.82. The molecule has 3 heteroatoms. The molecule has 1 aliphatic rings. The summed E-state index contributed by atoms with van der Waals surface area (Å²) < 4.78 is 0. The first kappa shape index (κ1) is 7.10. The first-order valence-electron chi connectivity index (χ1n) is 3.82. The highest BCUT2D eigenvalue weighted by Crippen LogP contribution is 2.41. The summed E-state index contributed by atoms with van der Waals surface area (Å²) in [5.41, 5.74) is 2.58. The molecule has 1 unspecified atom stereocenters. The number of aromatic nitrogens is 2. The molecule has 0 amide bonds. The normalized spacial score (nSPS) is 21.7. The second-order valence-corrected chi connectivity index (χ2v) is 3.82. The quantitative estimate of drug-likeness (QED) is 0.639. The number of hydrogen-bond donors (Lipinski definition) is 0. The monoisotopic (exact) mass is 166 g/mol. The van der Waals surface area contributed by atoms with Crippen LogP contribution in [0.15, 0.2) is 12.5 Å². The van der Waals surface area contributed by atoms with E-state index in [-0.39, 0.29) is 0 Å². The van der Waals surface area contributed by atoms with Gasteiger partial charge in [-0.1, -0.05) is 6.92 Å². The van der Waals surface area contributed by atoms with Crippen molar-refractivity contribution in [2.24, 2.45) is 0 Å². The van der Waals surface area contributed by atoms with Gasteiger partial charge in [-0.2, -0.15) is 0 Å². The molecule has 2 rings (SSSR count). The standard InChI is InChI=1S/C8H10N2S/c1-2-8-6-3-9-5-10-7(6)4-11-8/h3,5,8H,2,4H2,1H3. The lowest BCUT2D eigenvalue weighted by Gasteiger charge is -2.03. The highest BCUT2D eigenvalue weighted by Gasteiger charge is 2.21. The fourth-order valence-corrected chi connectivity index (χ4v) is 2.57. The van der Waals surface area contributed by atoms with E-state index in [9.17, 15) is 0 Å². The second-order valence-electron chi connectivity index (χ2n) is 2.63. The molecule has 0 saturated carbocycles. The Balaban J connectivity index is 2.39. The average Bonchev–Trinajstić information content (AvgIpc) is 2.47. The zero-order chi connectivity index (χ0) is 7.68. The zero-order valence-corrected chi connectivity index (χ0v) is 7.27. The molecule has 11 heavy (non-hydrogen) atoms. The van der Waals surface area contributed by atoms with Crippen LogP contribution in [0.25, 0.3) is 0 Å². The van der Waals surface area contributed by atoms with Crippen LogP contribution in [0.3, 0.4) is 0 Å². The molecule has 1 aliphatic heterocycles. The van der Waals surface area contributed by atoms with Crippen LogP contribution >= 0.6 is 11.8 Å². The van der Waals surface area contributed by atoms with E-state index in [2.05, 4.69) is 16.9 Å². The van der Waals surface area contributed by atoms with E-state index in [0.717, 1.165) is 5.75 Å². The van der Waals surface area contributed by atoms with Gasteiger partial charge in [0.2, 0.25) is 0 Å². The molecule has 2 nitrogen and oxygen atoms in total. The van der Waals surface area contributed by atoms with Crippen LogP contribution in [0.1, 0.15) is 29.9 Å². The van der Waals surface area contributed by atoms with Crippen molar-refractivity contribution in [3.63, 3.8) is 0 Å². The van der Waals surface area contributed by atoms with Gasteiger partial charge in [0.1, 0.15) is 6.33 Å². The van der Waals surface area contributed by atoms with Gasteiger partial charge in [0, 0.05) is 22.8 Å². The largest absolute Gasteiger partial charge is 0.244 e. The number of fused-ring (bicyclic) bond motifs is 1. The Morgan fingerprint density at radius 1 is 1.73 bits per heavy atom. The van der Waals surface area contributed by atoms with E-state index in [0.29, 0.717) is 5.25 Å². The van der Waals surface area contributed by atoms with Gasteiger partial charge < -0.3 is 0 Å². The molecule has 0 bridgehead atoms. The zero-order valence-electron chi connectivity index (χ0n) is 6.45. The van der Waals surface area contributed by atoms with E-state index >= 15 is 0 Å². The van der Waals surface area contributed by atoms with Crippen molar-refractivity contribution in [3.05, 3.63) is 23.8 Å². The van der Waals surface area contributed by atoms with Gasteiger partial charge in [0.25, 0.3) is 0 Å². The van der Waals surface area contributed by atoms with Crippen LogP contribution in [0, 0.1) is 0 Å².